The number of hydrogen-bond donors (Lipinski definition) is 0. The largest absolute Gasteiger partial charge is 0.418 e. The maximum absolute atomic E-state index is 13.4. The minimum Gasteiger partial charge on any atom is -0.247 e. The highest BCUT2D eigenvalue weighted by molar-refractivity contribution is 5.67. The highest BCUT2D eigenvalue weighted by Gasteiger charge is 2.49. The minimum absolute atomic E-state index is 1.06. The maximum atomic E-state index is 13.4. The van der Waals surface area contributed by atoms with Crippen molar-refractivity contribution >= 4 is 11.4 Å². The summed E-state index contributed by atoms with van der Waals surface area (Å²) >= 11 is 0. The first-order valence-electron chi connectivity index (χ1n) is 8.66. The Bertz CT molecular complexity index is 993. The predicted molar refractivity (Wildman–Crippen MR) is 84.4 cm³/mol. The Morgan fingerprint density at radius 3 is 0.649 bits per heavy atom. The van der Waals surface area contributed by atoms with Gasteiger partial charge in [0.25, 0.3) is 0 Å². The van der Waals surface area contributed by atoms with Gasteiger partial charge in [0.1, 0.15) is 0 Å². The summed E-state index contributed by atoms with van der Waals surface area (Å²) in [5, 5.41) is 2.14. The Labute approximate surface area is 191 Å². The zero-order valence-corrected chi connectivity index (χ0v) is 16.6. The van der Waals surface area contributed by atoms with E-state index in [-0.39, 0.29) is 0 Å². The summed E-state index contributed by atoms with van der Waals surface area (Å²) in [5.74, 6) is 0. The van der Waals surface area contributed by atoms with Crippen molar-refractivity contribution < 1.29 is 79.0 Å². The molecule has 0 aromatic heterocycles. The summed E-state index contributed by atoms with van der Waals surface area (Å²) in [5.41, 5.74) is -23.3. The minimum atomic E-state index is -6.28. The third kappa shape index (κ3) is 6.65. The van der Waals surface area contributed by atoms with Crippen LogP contribution in [0.4, 0.5) is 90.4 Å². The lowest BCUT2D eigenvalue weighted by Crippen LogP contribution is -2.22. The van der Waals surface area contributed by atoms with Crippen molar-refractivity contribution in [1.29, 1.82) is 0 Å². The highest BCUT2D eigenvalue weighted by Crippen LogP contribution is 2.51. The zero-order chi connectivity index (χ0) is 29.2. The summed E-state index contributed by atoms with van der Waals surface area (Å²) < 4.78 is 238. The number of benzene rings is 2. The van der Waals surface area contributed by atoms with Crippen molar-refractivity contribution in [3.63, 3.8) is 0 Å². The van der Waals surface area contributed by atoms with Gasteiger partial charge in [-0.2, -0.15) is 79.0 Å². The molecule has 0 aliphatic carbocycles. The van der Waals surface area contributed by atoms with Crippen molar-refractivity contribution in [1.82, 2.24) is 5.32 Å². The molecule has 0 aliphatic rings. The molecule has 0 amide bonds. The molecule has 0 N–H and O–H groups in total. The number of alkyl halides is 18. The van der Waals surface area contributed by atoms with E-state index in [1.54, 1.807) is 0 Å². The number of rotatable bonds is 2. The van der Waals surface area contributed by atoms with Crippen LogP contribution in [-0.2, 0) is 37.1 Å². The summed E-state index contributed by atoms with van der Waals surface area (Å²) in [6, 6.07) is -4.23. The van der Waals surface area contributed by atoms with Gasteiger partial charge in [-0.25, -0.2) is 5.32 Å². The van der Waals surface area contributed by atoms with Gasteiger partial charge < -0.3 is 0 Å². The summed E-state index contributed by atoms with van der Waals surface area (Å²) in [7, 11) is 0. The van der Waals surface area contributed by atoms with Crippen molar-refractivity contribution in [3.8, 4) is 0 Å². The van der Waals surface area contributed by atoms with Crippen molar-refractivity contribution in [2.45, 2.75) is 37.1 Å². The van der Waals surface area contributed by atoms with Gasteiger partial charge in [-0.05, 0) is 24.3 Å². The smallest absolute Gasteiger partial charge is 0.247 e. The van der Waals surface area contributed by atoms with Gasteiger partial charge in [0.15, 0.2) is 0 Å². The Kier molecular flexibility index (Phi) is 7.17. The normalized spacial score (nSPS) is 14.2. The molecular formula is C18H4F18N. The molecule has 0 saturated heterocycles. The van der Waals surface area contributed by atoms with E-state index >= 15 is 0 Å². The van der Waals surface area contributed by atoms with Crippen LogP contribution in [0.25, 0.3) is 0 Å². The van der Waals surface area contributed by atoms with Crippen LogP contribution < -0.4 is 5.32 Å². The van der Waals surface area contributed by atoms with Gasteiger partial charge in [-0.1, -0.05) is 0 Å². The van der Waals surface area contributed by atoms with E-state index in [4.69, 9.17) is 0 Å². The fourth-order valence-corrected chi connectivity index (χ4v) is 2.81. The lowest BCUT2D eigenvalue weighted by atomic mass is 9.97. The van der Waals surface area contributed by atoms with Crippen molar-refractivity contribution in [2.75, 3.05) is 0 Å². The first-order chi connectivity index (χ1) is 16.1. The number of hydrogen-bond acceptors (Lipinski definition) is 0. The molecule has 0 spiro atoms. The second-order valence-electron chi connectivity index (χ2n) is 6.94. The molecule has 1 nitrogen and oxygen atoms in total. The van der Waals surface area contributed by atoms with Gasteiger partial charge in [0, 0.05) is 0 Å². The fourth-order valence-electron chi connectivity index (χ4n) is 2.81. The van der Waals surface area contributed by atoms with Gasteiger partial charge in [-0.15, -0.1) is 0 Å². The average molecular weight is 576 g/mol. The summed E-state index contributed by atoms with van der Waals surface area (Å²) in [6.07, 6.45) is -36.9. The van der Waals surface area contributed by atoms with E-state index < -0.39 is 106 Å². The standard InChI is InChI=1S/C18H4F18N/c19-13(20,21)5-1-7(15(25,26)27)11(8(2-5)16(28,29)30)37-12-9(17(31,32)33)3-6(14(22,23)24)4-10(12)18(34,35)36/h1-4H. The molecule has 0 atom stereocenters. The second kappa shape index (κ2) is 8.78. The molecule has 0 saturated carbocycles. The Balaban J connectivity index is 3.12. The lowest BCUT2D eigenvalue weighted by Gasteiger charge is -2.24. The van der Waals surface area contributed by atoms with Gasteiger partial charge in [0.05, 0.1) is 44.8 Å². The Morgan fingerprint density at radius 1 is 0.324 bits per heavy atom. The molecule has 2 aromatic carbocycles. The van der Waals surface area contributed by atoms with Crippen LogP contribution in [0.15, 0.2) is 24.3 Å². The molecule has 0 unspecified atom stereocenters. The molecule has 0 heterocycles. The molecule has 0 fully saturated rings. The van der Waals surface area contributed by atoms with Gasteiger partial charge in [0.2, 0.25) is 0 Å². The SMILES string of the molecule is FC(F)(F)c1cc(C(F)(F)F)c([N]c2c(C(F)(F)F)cc(C(F)(F)F)cc2C(F)(F)F)c(C(F)(F)F)c1. The van der Waals surface area contributed by atoms with Crippen LogP contribution in [0.5, 0.6) is 0 Å². The molecule has 19 heteroatoms. The third-order valence-corrected chi connectivity index (χ3v) is 4.32. The average Bonchev–Trinajstić information content (AvgIpc) is 2.62. The Hall–Kier alpha value is -3.02. The number of nitrogens with zero attached hydrogens (tertiary/aromatic N) is 1. The van der Waals surface area contributed by atoms with Gasteiger partial charge in [-0.3, -0.25) is 0 Å². The van der Waals surface area contributed by atoms with Crippen LogP contribution in [-0.4, -0.2) is 0 Å². The molecule has 2 aromatic rings. The molecule has 207 valence electrons. The topological polar surface area (TPSA) is 14.1 Å². The maximum Gasteiger partial charge on any atom is 0.418 e. The lowest BCUT2D eigenvalue weighted by molar-refractivity contribution is -0.149. The van der Waals surface area contributed by atoms with Crippen molar-refractivity contribution in [3.05, 3.63) is 57.6 Å². The molecule has 0 aliphatic heterocycles. The van der Waals surface area contributed by atoms with Crippen LogP contribution in [0.1, 0.15) is 33.4 Å². The third-order valence-electron chi connectivity index (χ3n) is 4.32. The molecular weight excluding hydrogens is 572 g/mol. The van der Waals surface area contributed by atoms with E-state index in [9.17, 15) is 79.0 Å². The molecule has 37 heavy (non-hydrogen) atoms. The zero-order valence-electron chi connectivity index (χ0n) is 16.6. The van der Waals surface area contributed by atoms with Crippen molar-refractivity contribution in [2.24, 2.45) is 0 Å². The monoisotopic (exact) mass is 576 g/mol. The molecule has 0 bridgehead atoms. The first kappa shape index (κ1) is 30.2. The van der Waals surface area contributed by atoms with E-state index in [0.717, 1.165) is 0 Å². The summed E-state index contributed by atoms with van der Waals surface area (Å²) in [6.45, 7) is 0. The number of halogens is 18. The van der Waals surface area contributed by atoms with Crippen LogP contribution >= 0.6 is 0 Å². The Morgan fingerprint density at radius 2 is 0.514 bits per heavy atom. The molecule has 2 rings (SSSR count). The van der Waals surface area contributed by atoms with E-state index in [2.05, 4.69) is 5.32 Å². The van der Waals surface area contributed by atoms with E-state index in [1.165, 1.54) is 0 Å². The van der Waals surface area contributed by atoms with Gasteiger partial charge >= 0.3 is 37.1 Å². The van der Waals surface area contributed by atoms with E-state index in [0.29, 0.717) is 0 Å². The molecule has 1 radical (unpaired) electrons. The van der Waals surface area contributed by atoms with Crippen LogP contribution in [0.3, 0.4) is 0 Å². The summed E-state index contributed by atoms with van der Waals surface area (Å²) in [4.78, 5) is 0. The second-order valence-corrected chi connectivity index (χ2v) is 6.94. The highest BCUT2D eigenvalue weighted by atomic mass is 19.4. The fraction of sp³-hybridized carbons (Fsp3) is 0.333. The predicted octanol–water partition coefficient (Wildman–Crippen LogP) is 9.37. The van der Waals surface area contributed by atoms with E-state index in [1.807, 2.05) is 0 Å². The quantitative estimate of drug-likeness (QED) is 0.317. The first-order valence-corrected chi connectivity index (χ1v) is 8.66. The van der Waals surface area contributed by atoms with Crippen LogP contribution in [0, 0.1) is 0 Å². The van der Waals surface area contributed by atoms with Crippen LogP contribution in [0.2, 0.25) is 0 Å².